The first-order valence-corrected chi connectivity index (χ1v) is 12.0. The van der Waals surface area contributed by atoms with E-state index in [1.165, 1.54) is 18.3 Å². The van der Waals surface area contributed by atoms with Crippen LogP contribution in [0.5, 0.6) is 0 Å². The SMILES string of the molecule is C=CC(=O)Nc1ccc(C(=O)NC(=N)C2=C(N)C(C)(C)N(C(=O)N[C@H](CN(C)C)c3ccccc3)C2)nc1. The highest BCUT2D eigenvalue weighted by Gasteiger charge is 2.43. The molecule has 11 nitrogen and oxygen atoms in total. The molecule has 1 aliphatic heterocycles. The minimum Gasteiger partial charge on any atom is -0.400 e. The highest BCUT2D eigenvalue weighted by atomic mass is 16.2. The second kappa shape index (κ2) is 11.7. The molecular weight excluding hydrogens is 484 g/mol. The number of pyridine rings is 1. The van der Waals surface area contributed by atoms with E-state index in [1.807, 2.05) is 49.3 Å². The van der Waals surface area contributed by atoms with E-state index in [0.29, 0.717) is 23.5 Å². The molecule has 1 aromatic heterocycles. The number of amides is 4. The van der Waals surface area contributed by atoms with Crippen LogP contribution in [-0.2, 0) is 4.79 Å². The maximum absolute atomic E-state index is 13.4. The predicted octanol–water partition coefficient (Wildman–Crippen LogP) is 2.23. The lowest BCUT2D eigenvalue weighted by Gasteiger charge is -2.35. The van der Waals surface area contributed by atoms with Gasteiger partial charge in [0, 0.05) is 17.8 Å². The number of nitrogens with two attached hydrogens (primary N) is 1. The van der Waals surface area contributed by atoms with Gasteiger partial charge in [-0.3, -0.25) is 15.0 Å². The van der Waals surface area contributed by atoms with Gasteiger partial charge < -0.3 is 31.5 Å². The molecule has 0 saturated heterocycles. The molecule has 0 spiro atoms. The first-order valence-electron chi connectivity index (χ1n) is 12.0. The first kappa shape index (κ1) is 28.1. The number of hydrogen-bond donors (Lipinski definition) is 5. The number of amidine groups is 1. The van der Waals surface area contributed by atoms with Crippen molar-refractivity contribution in [3.8, 4) is 0 Å². The van der Waals surface area contributed by atoms with Gasteiger partial charge in [-0.05, 0) is 51.7 Å². The zero-order valence-electron chi connectivity index (χ0n) is 22.0. The van der Waals surface area contributed by atoms with Crippen LogP contribution < -0.4 is 21.7 Å². The van der Waals surface area contributed by atoms with Gasteiger partial charge in [0.1, 0.15) is 11.5 Å². The summed E-state index contributed by atoms with van der Waals surface area (Å²) in [6.07, 6.45) is 2.45. The van der Waals surface area contributed by atoms with Crippen molar-refractivity contribution in [3.05, 3.63) is 83.8 Å². The van der Waals surface area contributed by atoms with Gasteiger partial charge in [-0.1, -0.05) is 36.9 Å². The number of benzene rings is 1. The Balaban J connectivity index is 1.70. The van der Waals surface area contributed by atoms with E-state index in [4.69, 9.17) is 11.1 Å². The summed E-state index contributed by atoms with van der Waals surface area (Å²) >= 11 is 0. The third-order valence-electron chi connectivity index (χ3n) is 6.26. The van der Waals surface area contributed by atoms with Crippen LogP contribution in [0, 0.1) is 5.41 Å². The number of aromatic nitrogens is 1. The van der Waals surface area contributed by atoms with Crippen LogP contribution in [0.2, 0.25) is 0 Å². The fourth-order valence-corrected chi connectivity index (χ4v) is 4.06. The number of hydrogen-bond acceptors (Lipinski definition) is 7. The number of nitrogens with zero attached hydrogens (tertiary/aromatic N) is 3. The summed E-state index contributed by atoms with van der Waals surface area (Å²) in [7, 11) is 3.87. The van der Waals surface area contributed by atoms with Gasteiger partial charge >= 0.3 is 6.03 Å². The first-order chi connectivity index (χ1) is 17.9. The van der Waals surface area contributed by atoms with Crippen LogP contribution in [0.4, 0.5) is 10.5 Å². The largest absolute Gasteiger partial charge is 0.400 e. The van der Waals surface area contributed by atoms with E-state index in [-0.39, 0.29) is 30.1 Å². The Morgan fingerprint density at radius 3 is 2.47 bits per heavy atom. The molecule has 3 rings (SSSR count). The van der Waals surface area contributed by atoms with Crippen LogP contribution >= 0.6 is 0 Å². The van der Waals surface area contributed by atoms with Gasteiger partial charge in [-0.25, -0.2) is 9.78 Å². The third kappa shape index (κ3) is 6.43. The van der Waals surface area contributed by atoms with Crippen molar-refractivity contribution < 1.29 is 14.4 Å². The molecule has 200 valence electrons. The summed E-state index contributed by atoms with van der Waals surface area (Å²) < 4.78 is 0. The second-order valence-electron chi connectivity index (χ2n) is 9.67. The van der Waals surface area contributed by atoms with Crippen LogP contribution in [0.1, 0.15) is 35.9 Å². The monoisotopic (exact) mass is 518 g/mol. The number of nitrogens with one attached hydrogen (secondary N) is 4. The van der Waals surface area contributed by atoms with Crippen LogP contribution in [0.25, 0.3) is 0 Å². The highest BCUT2D eigenvalue weighted by molar-refractivity contribution is 6.11. The fraction of sp³-hybridized carbons (Fsp3) is 0.296. The van der Waals surface area contributed by atoms with Gasteiger partial charge in [0.05, 0.1) is 30.0 Å². The van der Waals surface area contributed by atoms with Crippen LogP contribution in [-0.4, -0.2) is 71.2 Å². The Kier molecular flexibility index (Phi) is 8.64. The molecule has 0 aliphatic carbocycles. The standard InChI is InChI=1S/C27H34N8O3/c1-6-22(36)31-18-12-13-20(30-14-18)25(37)33-24(29)19-15-35(27(2,3)23(19)28)26(38)32-21(16-34(4)5)17-10-8-7-9-11-17/h6-14,21H,1,15-16,28H2,2-5H3,(H,31,36)(H,32,38)(H2,29,33,37)/t21-/m1/s1. The van der Waals surface area contributed by atoms with Crippen molar-refractivity contribution in [2.24, 2.45) is 5.73 Å². The molecule has 1 aliphatic rings. The normalized spacial score (nSPS) is 15.1. The molecule has 2 aromatic rings. The Morgan fingerprint density at radius 2 is 1.89 bits per heavy atom. The topological polar surface area (TPSA) is 157 Å². The quantitative estimate of drug-likeness (QED) is 0.205. The highest BCUT2D eigenvalue weighted by Crippen LogP contribution is 2.32. The van der Waals surface area contributed by atoms with Crippen LogP contribution in [0.15, 0.2) is 72.6 Å². The zero-order chi connectivity index (χ0) is 28.0. The average molecular weight is 519 g/mol. The third-order valence-corrected chi connectivity index (χ3v) is 6.26. The molecule has 0 fully saturated rings. The Bertz CT molecular complexity index is 1250. The lowest BCUT2D eigenvalue weighted by atomic mass is 10.00. The van der Waals surface area contributed by atoms with E-state index in [1.54, 1.807) is 18.7 Å². The van der Waals surface area contributed by atoms with E-state index in [0.717, 1.165) is 11.6 Å². The van der Waals surface area contributed by atoms with Crippen LogP contribution in [0.3, 0.4) is 0 Å². The fourth-order valence-electron chi connectivity index (χ4n) is 4.06. The summed E-state index contributed by atoms with van der Waals surface area (Å²) in [4.78, 5) is 45.1. The van der Waals surface area contributed by atoms with Crippen molar-refractivity contribution in [1.29, 1.82) is 5.41 Å². The number of carbonyl (C=O) groups excluding carboxylic acids is 3. The second-order valence-corrected chi connectivity index (χ2v) is 9.67. The zero-order valence-corrected chi connectivity index (χ0v) is 22.0. The maximum Gasteiger partial charge on any atom is 0.318 e. The number of urea groups is 1. The molecule has 0 unspecified atom stereocenters. The van der Waals surface area contributed by atoms with E-state index in [9.17, 15) is 14.4 Å². The van der Waals surface area contributed by atoms with Gasteiger partial charge in [0.15, 0.2) is 0 Å². The minimum absolute atomic E-state index is 0.0479. The molecule has 11 heteroatoms. The van der Waals surface area contributed by atoms with E-state index < -0.39 is 17.4 Å². The summed E-state index contributed by atoms with van der Waals surface area (Å²) in [5.41, 5.74) is 7.58. The number of likely N-dealkylation sites (N-methyl/N-ethyl adjacent to an activating group) is 1. The average Bonchev–Trinajstić information content (AvgIpc) is 3.12. The number of anilines is 1. The van der Waals surface area contributed by atoms with Crippen molar-refractivity contribution in [3.63, 3.8) is 0 Å². The summed E-state index contributed by atoms with van der Waals surface area (Å²) in [5.74, 6) is -1.23. The van der Waals surface area contributed by atoms with Gasteiger partial charge in [-0.15, -0.1) is 0 Å². The number of rotatable bonds is 8. The summed E-state index contributed by atoms with van der Waals surface area (Å²) in [6.45, 7) is 7.61. The molecule has 38 heavy (non-hydrogen) atoms. The van der Waals surface area contributed by atoms with E-state index in [2.05, 4.69) is 27.5 Å². The van der Waals surface area contributed by atoms with Crippen molar-refractivity contribution in [2.45, 2.75) is 25.4 Å². The molecule has 0 saturated carbocycles. The molecule has 4 amide bonds. The van der Waals surface area contributed by atoms with Crippen molar-refractivity contribution in [1.82, 2.24) is 25.4 Å². The predicted molar refractivity (Wildman–Crippen MR) is 147 cm³/mol. The lowest BCUT2D eigenvalue weighted by Crippen LogP contribution is -2.52. The van der Waals surface area contributed by atoms with Gasteiger partial charge in [-0.2, -0.15) is 0 Å². The molecule has 6 N–H and O–H groups in total. The Hall–Kier alpha value is -4.51. The molecule has 1 atom stereocenters. The Morgan fingerprint density at radius 1 is 1.21 bits per heavy atom. The molecule has 1 aromatic carbocycles. The molecule has 0 bridgehead atoms. The summed E-state index contributed by atoms with van der Waals surface area (Å²) in [5, 5.41) is 16.6. The molecule has 0 radical (unpaired) electrons. The van der Waals surface area contributed by atoms with E-state index >= 15 is 0 Å². The van der Waals surface area contributed by atoms with Gasteiger partial charge in [0.2, 0.25) is 5.91 Å². The van der Waals surface area contributed by atoms with Crippen molar-refractivity contribution >= 4 is 29.4 Å². The minimum atomic E-state index is -0.890. The maximum atomic E-state index is 13.4. The number of carbonyl (C=O) groups is 3. The Labute approximate surface area is 222 Å². The lowest BCUT2D eigenvalue weighted by molar-refractivity contribution is -0.111. The van der Waals surface area contributed by atoms with Gasteiger partial charge in [0.25, 0.3) is 5.91 Å². The smallest absolute Gasteiger partial charge is 0.318 e. The molecule has 2 heterocycles. The van der Waals surface area contributed by atoms with Crippen molar-refractivity contribution in [2.75, 3.05) is 32.5 Å². The molecular formula is C27H34N8O3. The summed E-state index contributed by atoms with van der Waals surface area (Å²) in [6, 6.07) is 12.0.